The zero-order valence-corrected chi connectivity index (χ0v) is 14.1. The fourth-order valence-electron chi connectivity index (χ4n) is 3.00. The lowest BCUT2D eigenvalue weighted by Crippen LogP contribution is -2.18. The van der Waals surface area contributed by atoms with Crippen molar-refractivity contribution in [2.75, 3.05) is 18.5 Å². The molecule has 0 radical (unpaired) electrons. The molecule has 0 aliphatic heterocycles. The van der Waals surface area contributed by atoms with Crippen LogP contribution >= 0.6 is 0 Å². The predicted octanol–water partition coefficient (Wildman–Crippen LogP) is 5.61. The molecule has 118 valence electrons. The number of hydrogen-bond donors (Lipinski definition) is 0. The van der Waals surface area contributed by atoms with E-state index in [0.29, 0.717) is 0 Å². The van der Waals surface area contributed by atoms with Gasteiger partial charge in [0.1, 0.15) is 0 Å². The van der Waals surface area contributed by atoms with Crippen molar-refractivity contribution in [2.45, 2.75) is 26.2 Å². The smallest absolute Gasteiger partial charge is 0.0363 e. The van der Waals surface area contributed by atoms with Crippen molar-refractivity contribution in [1.29, 1.82) is 0 Å². The van der Waals surface area contributed by atoms with Crippen LogP contribution in [-0.4, -0.2) is 13.6 Å². The van der Waals surface area contributed by atoms with E-state index in [1.807, 2.05) is 0 Å². The molecule has 0 saturated carbocycles. The highest BCUT2D eigenvalue weighted by Crippen LogP contribution is 2.18. The lowest BCUT2D eigenvalue weighted by atomic mass is 10.0. The Labute approximate surface area is 139 Å². The summed E-state index contributed by atoms with van der Waals surface area (Å²) in [5, 5.41) is 2.68. The van der Waals surface area contributed by atoms with Gasteiger partial charge in [-0.25, -0.2) is 0 Å². The number of nitrogens with zero attached hydrogens (tertiary/aromatic N) is 1. The quantitative estimate of drug-likeness (QED) is 0.535. The maximum atomic E-state index is 2.35. The molecule has 1 nitrogen and oxygen atoms in total. The SMILES string of the molecule is Cc1ccc(N(C)CCCCc2ccc3ccccc3c2)cc1. The summed E-state index contributed by atoms with van der Waals surface area (Å²) in [6.45, 7) is 3.24. The van der Waals surface area contributed by atoms with E-state index >= 15 is 0 Å². The van der Waals surface area contributed by atoms with Gasteiger partial charge < -0.3 is 4.90 Å². The van der Waals surface area contributed by atoms with Crippen molar-refractivity contribution in [1.82, 2.24) is 0 Å². The van der Waals surface area contributed by atoms with Crippen LogP contribution in [0.1, 0.15) is 24.0 Å². The Morgan fingerprint density at radius 3 is 2.30 bits per heavy atom. The molecule has 23 heavy (non-hydrogen) atoms. The normalized spacial score (nSPS) is 10.9. The monoisotopic (exact) mass is 303 g/mol. The fraction of sp³-hybridized carbons (Fsp3) is 0.273. The molecule has 0 aromatic heterocycles. The van der Waals surface area contributed by atoms with Gasteiger partial charge in [0.25, 0.3) is 0 Å². The molecule has 0 amide bonds. The molecule has 0 heterocycles. The summed E-state index contributed by atoms with van der Waals surface area (Å²) in [5.41, 5.74) is 4.07. The van der Waals surface area contributed by atoms with Crippen molar-refractivity contribution >= 4 is 16.5 Å². The second-order valence-corrected chi connectivity index (χ2v) is 6.40. The average molecular weight is 303 g/mol. The van der Waals surface area contributed by atoms with Gasteiger partial charge in [0.2, 0.25) is 0 Å². The van der Waals surface area contributed by atoms with E-state index in [1.165, 1.54) is 40.4 Å². The minimum atomic E-state index is 1.11. The molecule has 0 spiro atoms. The second-order valence-electron chi connectivity index (χ2n) is 6.40. The van der Waals surface area contributed by atoms with E-state index in [-0.39, 0.29) is 0 Å². The van der Waals surface area contributed by atoms with Gasteiger partial charge in [0, 0.05) is 19.3 Å². The number of anilines is 1. The Morgan fingerprint density at radius 2 is 1.52 bits per heavy atom. The first kappa shape index (κ1) is 15.6. The second kappa shape index (κ2) is 7.32. The molecule has 1 heteroatoms. The lowest BCUT2D eigenvalue weighted by Gasteiger charge is -2.19. The van der Waals surface area contributed by atoms with E-state index < -0.39 is 0 Å². The van der Waals surface area contributed by atoms with E-state index in [9.17, 15) is 0 Å². The van der Waals surface area contributed by atoms with E-state index in [4.69, 9.17) is 0 Å². The van der Waals surface area contributed by atoms with Crippen molar-refractivity contribution in [3.8, 4) is 0 Å². The number of aryl methyl sites for hydroxylation is 2. The van der Waals surface area contributed by atoms with E-state index in [1.54, 1.807) is 0 Å². The van der Waals surface area contributed by atoms with Gasteiger partial charge in [0.15, 0.2) is 0 Å². The summed E-state index contributed by atoms with van der Waals surface area (Å²) in [4.78, 5) is 2.35. The number of benzene rings is 3. The standard InChI is InChI=1S/C22H25N/c1-18-10-14-22(15-11-18)23(2)16-6-5-7-19-12-13-20-8-3-4-9-21(20)17-19/h3-4,8-15,17H,5-7,16H2,1-2H3. The van der Waals surface area contributed by atoms with Crippen LogP contribution in [0.3, 0.4) is 0 Å². The van der Waals surface area contributed by atoms with E-state index in [2.05, 4.69) is 85.6 Å². The van der Waals surface area contributed by atoms with Crippen molar-refractivity contribution < 1.29 is 0 Å². The van der Waals surface area contributed by atoms with Crippen molar-refractivity contribution in [3.63, 3.8) is 0 Å². The maximum Gasteiger partial charge on any atom is 0.0363 e. The number of fused-ring (bicyclic) bond motifs is 1. The van der Waals surface area contributed by atoms with Crippen LogP contribution in [0.25, 0.3) is 10.8 Å². The molecule has 0 atom stereocenters. The van der Waals surface area contributed by atoms with Gasteiger partial charge in [-0.05, 0) is 54.7 Å². The van der Waals surface area contributed by atoms with Gasteiger partial charge in [0.05, 0.1) is 0 Å². The van der Waals surface area contributed by atoms with E-state index in [0.717, 1.165) is 13.0 Å². The summed E-state index contributed by atoms with van der Waals surface area (Å²) < 4.78 is 0. The third kappa shape index (κ3) is 4.13. The van der Waals surface area contributed by atoms with Gasteiger partial charge in [-0.2, -0.15) is 0 Å². The van der Waals surface area contributed by atoms with Gasteiger partial charge in [-0.15, -0.1) is 0 Å². The zero-order valence-electron chi connectivity index (χ0n) is 14.1. The molecule has 0 aliphatic rings. The first-order chi connectivity index (χ1) is 11.2. The van der Waals surface area contributed by atoms with Crippen LogP contribution in [0.5, 0.6) is 0 Å². The third-order valence-electron chi connectivity index (χ3n) is 4.50. The Bertz CT molecular complexity index is 758. The minimum Gasteiger partial charge on any atom is -0.375 e. The number of hydrogen-bond acceptors (Lipinski definition) is 1. The Morgan fingerprint density at radius 1 is 0.783 bits per heavy atom. The van der Waals surface area contributed by atoms with Crippen LogP contribution in [-0.2, 0) is 6.42 Å². The highest BCUT2D eigenvalue weighted by atomic mass is 15.1. The highest BCUT2D eigenvalue weighted by Gasteiger charge is 2.01. The summed E-state index contributed by atoms with van der Waals surface area (Å²) in [7, 11) is 2.18. The molecule has 0 aliphatic carbocycles. The highest BCUT2D eigenvalue weighted by molar-refractivity contribution is 5.82. The Balaban J connectivity index is 1.49. The van der Waals surface area contributed by atoms with Gasteiger partial charge >= 0.3 is 0 Å². The molecule has 0 unspecified atom stereocenters. The van der Waals surface area contributed by atoms with Gasteiger partial charge in [-0.1, -0.05) is 60.2 Å². The van der Waals surface area contributed by atoms with Crippen molar-refractivity contribution in [2.24, 2.45) is 0 Å². The van der Waals surface area contributed by atoms with Crippen LogP contribution in [0.2, 0.25) is 0 Å². The third-order valence-corrected chi connectivity index (χ3v) is 4.50. The molecule has 0 N–H and O–H groups in total. The largest absolute Gasteiger partial charge is 0.375 e. The van der Waals surface area contributed by atoms with Crippen LogP contribution in [0, 0.1) is 6.92 Å². The predicted molar refractivity (Wildman–Crippen MR) is 101 cm³/mol. The zero-order chi connectivity index (χ0) is 16.1. The average Bonchev–Trinajstić information content (AvgIpc) is 2.59. The molecule has 3 aromatic carbocycles. The number of unbranched alkanes of at least 4 members (excludes halogenated alkanes) is 1. The van der Waals surface area contributed by atoms with Crippen molar-refractivity contribution in [3.05, 3.63) is 77.9 Å². The first-order valence-corrected chi connectivity index (χ1v) is 8.48. The molecule has 3 aromatic rings. The summed E-state index contributed by atoms with van der Waals surface area (Å²) in [6.07, 6.45) is 3.61. The molecule has 3 rings (SSSR count). The van der Waals surface area contributed by atoms with Crippen LogP contribution < -0.4 is 4.90 Å². The number of rotatable bonds is 6. The molecule has 0 bridgehead atoms. The maximum absolute atomic E-state index is 2.35. The Kier molecular flexibility index (Phi) is 4.97. The Hall–Kier alpha value is -2.28. The lowest BCUT2D eigenvalue weighted by molar-refractivity contribution is 0.719. The molecule has 0 saturated heterocycles. The molecule has 0 fully saturated rings. The molecular weight excluding hydrogens is 278 g/mol. The van der Waals surface area contributed by atoms with Crippen LogP contribution in [0.15, 0.2) is 66.7 Å². The molecular formula is C22H25N. The van der Waals surface area contributed by atoms with Gasteiger partial charge in [-0.3, -0.25) is 0 Å². The summed E-state index contributed by atoms with van der Waals surface area (Å²) in [6, 6.07) is 24.2. The minimum absolute atomic E-state index is 1.11. The first-order valence-electron chi connectivity index (χ1n) is 8.48. The summed E-state index contributed by atoms with van der Waals surface area (Å²) in [5.74, 6) is 0. The van der Waals surface area contributed by atoms with Crippen LogP contribution in [0.4, 0.5) is 5.69 Å². The topological polar surface area (TPSA) is 3.24 Å². The fourth-order valence-corrected chi connectivity index (χ4v) is 3.00. The summed E-state index contributed by atoms with van der Waals surface area (Å²) >= 11 is 0.